The van der Waals surface area contributed by atoms with E-state index >= 15 is 0 Å². The minimum Gasteiger partial charge on any atom is -0.354 e. The molecule has 2 N–H and O–H groups in total. The average molecular weight is 417 g/mol. The van der Waals surface area contributed by atoms with E-state index in [1.807, 2.05) is 12.3 Å². The maximum absolute atomic E-state index is 13.2. The van der Waals surface area contributed by atoms with Crippen molar-refractivity contribution in [2.75, 3.05) is 25.5 Å². The summed E-state index contributed by atoms with van der Waals surface area (Å²) in [5.74, 6) is -0.271. The van der Waals surface area contributed by atoms with Crippen molar-refractivity contribution in [1.29, 1.82) is 0 Å². The van der Waals surface area contributed by atoms with Crippen LogP contribution in [0.15, 0.2) is 61.4 Å². The summed E-state index contributed by atoms with van der Waals surface area (Å²) < 4.78 is 15.3. The standard InChI is InChI=1S/C24H25FN6/c1-16(27-20-6-4-19(25)5-7-20)24-22-13-17(3-8-23(22)28-29-24)18-14-26-31(15-18)21-9-11-30(2)12-10-21/h3-8,13-15,21,27H,1,9-12H2,2H3,(H,28,29). The molecule has 1 saturated heterocycles. The number of nitrogens with zero attached hydrogens (tertiary/aromatic N) is 4. The van der Waals surface area contributed by atoms with Crippen molar-refractivity contribution < 1.29 is 4.39 Å². The van der Waals surface area contributed by atoms with E-state index in [1.165, 1.54) is 12.1 Å². The van der Waals surface area contributed by atoms with Crippen molar-refractivity contribution in [3.05, 3.63) is 72.9 Å². The van der Waals surface area contributed by atoms with Crippen molar-refractivity contribution >= 4 is 22.3 Å². The van der Waals surface area contributed by atoms with E-state index in [9.17, 15) is 4.39 Å². The van der Waals surface area contributed by atoms with Gasteiger partial charge in [0.05, 0.1) is 23.5 Å². The first kappa shape index (κ1) is 19.5. The zero-order valence-electron chi connectivity index (χ0n) is 17.5. The molecule has 2 aromatic heterocycles. The Hall–Kier alpha value is -3.45. The molecule has 0 spiro atoms. The molecule has 0 aliphatic carbocycles. The predicted octanol–water partition coefficient (Wildman–Crippen LogP) is 4.92. The molecule has 0 atom stereocenters. The molecule has 0 unspecified atom stereocenters. The van der Waals surface area contributed by atoms with E-state index in [0.29, 0.717) is 11.7 Å². The lowest BCUT2D eigenvalue weighted by atomic mass is 10.0. The van der Waals surface area contributed by atoms with Gasteiger partial charge < -0.3 is 10.2 Å². The highest BCUT2D eigenvalue weighted by atomic mass is 19.1. The molecule has 1 fully saturated rings. The van der Waals surface area contributed by atoms with Crippen LogP contribution in [-0.2, 0) is 0 Å². The van der Waals surface area contributed by atoms with E-state index in [4.69, 9.17) is 0 Å². The first-order chi connectivity index (χ1) is 15.1. The second-order valence-electron chi connectivity index (χ2n) is 8.19. The SMILES string of the molecule is C=C(Nc1ccc(F)cc1)c1n[nH]c2ccc(-c3cnn(C4CCN(C)CC4)c3)cc12. The first-order valence-electron chi connectivity index (χ1n) is 10.5. The Kier molecular flexibility index (Phi) is 5.03. The van der Waals surface area contributed by atoms with E-state index in [1.54, 1.807) is 12.1 Å². The molecule has 6 nitrogen and oxygen atoms in total. The van der Waals surface area contributed by atoms with Crippen LogP contribution < -0.4 is 5.32 Å². The van der Waals surface area contributed by atoms with Crippen molar-refractivity contribution in [1.82, 2.24) is 24.9 Å². The number of H-pyrrole nitrogens is 1. The van der Waals surface area contributed by atoms with Gasteiger partial charge in [-0.25, -0.2) is 4.39 Å². The lowest BCUT2D eigenvalue weighted by Crippen LogP contribution is -2.31. The molecule has 3 heterocycles. The van der Waals surface area contributed by atoms with Crippen molar-refractivity contribution in [3.63, 3.8) is 0 Å². The quantitative estimate of drug-likeness (QED) is 0.485. The molecule has 2 aromatic carbocycles. The fourth-order valence-corrected chi connectivity index (χ4v) is 4.14. The monoisotopic (exact) mass is 416 g/mol. The number of piperidine rings is 1. The summed E-state index contributed by atoms with van der Waals surface area (Å²) in [6.07, 6.45) is 6.32. The fraction of sp³-hybridized carbons (Fsp3) is 0.250. The van der Waals surface area contributed by atoms with E-state index in [2.05, 4.69) is 62.2 Å². The van der Waals surface area contributed by atoms with E-state index in [-0.39, 0.29) is 5.82 Å². The normalized spacial score (nSPS) is 15.4. The third kappa shape index (κ3) is 3.96. The number of anilines is 1. The predicted molar refractivity (Wildman–Crippen MR) is 122 cm³/mol. The van der Waals surface area contributed by atoms with Gasteiger partial charge >= 0.3 is 0 Å². The number of aromatic nitrogens is 4. The molecule has 0 amide bonds. The molecule has 1 aliphatic heterocycles. The summed E-state index contributed by atoms with van der Waals surface area (Å²) >= 11 is 0. The second kappa shape index (κ2) is 8.00. The molecule has 5 rings (SSSR count). The maximum Gasteiger partial charge on any atom is 0.123 e. The highest BCUT2D eigenvalue weighted by molar-refractivity contribution is 5.94. The Balaban J connectivity index is 1.40. The molecule has 0 bridgehead atoms. The Morgan fingerprint density at radius 2 is 1.90 bits per heavy atom. The minimum absolute atomic E-state index is 0.271. The van der Waals surface area contributed by atoms with Crippen LogP contribution >= 0.6 is 0 Å². The number of halogens is 1. The van der Waals surface area contributed by atoms with E-state index in [0.717, 1.165) is 59.3 Å². The van der Waals surface area contributed by atoms with Crippen LogP contribution in [-0.4, -0.2) is 45.0 Å². The molecule has 7 heteroatoms. The molecular formula is C24H25FN6. The van der Waals surface area contributed by atoms with Crippen molar-refractivity contribution in [2.45, 2.75) is 18.9 Å². The Morgan fingerprint density at radius 1 is 1.13 bits per heavy atom. The molecule has 4 aromatic rings. The molecule has 158 valence electrons. The number of likely N-dealkylation sites (tertiary alicyclic amines) is 1. The lowest BCUT2D eigenvalue weighted by molar-refractivity contribution is 0.212. The van der Waals surface area contributed by atoms with Gasteiger partial charge in [-0.3, -0.25) is 9.78 Å². The summed E-state index contributed by atoms with van der Waals surface area (Å²) in [4.78, 5) is 2.36. The lowest BCUT2D eigenvalue weighted by Gasteiger charge is -2.28. The van der Waals surface area contributed by atoms with Gasteiger partial charge in [0.2, 0.25) is 0 Å². The number of hydrogen-bond donors (Lipinski definition) is 2. The molecule has 0 saturated carbocycles. The van der Waals surface area contributed by atoms with Gasteiger partial charge in [-0.15, -0.1) is 0 Å². The van der Waals surface area contributed by atoms with Crippen LogP contribution in [0.2, 0.25) is 0 Å². The first-order valence-corrected chi connectivity index (χ1v) is 10.5. The summed E-state index contributed by atoms with van der Waals surface area (Å²) in [7, 11) is 2.17. The van der Waals surface area contributed by atoms with Crippen LogP contribution in [0, 0.1) is 5.82 Å². The second-order valence-corrected chi connectivity index (χ2v) is 8.19. The Labute approximate surface area is 180 Å². The molecule has 31 heavy (non-hydrogen) atoms. The topological polar surface area (TPSA) is 61.8 Å². The summed E-state index contributed by atoms with van der Waals surface area (Å²) in [5.41, 5.74) is 5.26. The van der Waals surface area contributed by atoms with Gasteiger partial charge in [0, 0.05) is 22.8 Å². The number of aromatic amines is 1. The van der Waals surface area contributed by atoms with Crippen LogP contribution in [0.25, 0.3) is 27.7 Å². The van der Waals surface area contributed by atoms with Crippen LogP contribution in [0.3, 0.4) is 0 Å². The van der Waals surface area contributed by atoms with Crippen LogP contribution in [0.5, 0.6) is 0 Å². The number of nitrogens with one attached hydrogen (secondary N) is 2. The summed E-state index contributed by atoms with van der Waals surface area (Å²) in [6, 6.07) is 12.9. The van der Waals surface area contributed by atoms with Gasteiger partial charge in [-0.1, -0.05) is 12.6 Å². The molecular weight excluding hydrogens is 391 g/mol. The Bertz CT molecular complexity index is 1210. The fourth-order valence-electron chi connectivity index (χ4n) is 4.14. The number of hydrogen-bond acceptors (Lipinski definition) is 4. The highest BCUT2D eigenvalue weighted by Gasteiger charge is 2.19. The van der Waals surface area contributed by atoms with Gasteiger partial charge in [-0.05, 0) is 74.9 Å². The number of benzene rings is 2. The molecule has 1 aliphatic rings. The van der Waals surface area contributed by atoms with Crippen molar-refractivity contribution in [2.24, 2.45) is 0 Å². The van der Waals surface area contributed by atoms with Gasteiger partial charge in [0.25, 0.3) is 0 Å². The van der Waals surface area contributed by atoms with Crippen LogP contribution in [0.1, 0.15) is 24.6 Å². The van der Waals surface area contributed by atoms with E-state index < -0.39 is 0 Å². The van der Waals surface area contributed by atoms with Crippen molar-refractivity contribution in [3.8, 4) is 11.1 Å². The average Bonchev–Trinajstić information content (AvgIpc) is 3.43. The molecule has 0 radical (unpaired) electrons. The number of fused-ring (bicyclic) bond motifs is 1. The van der Waals surface area contributed by atoms with Gasteiger partial charge in [0.1, 0.15) is 11.5 Å². The Morgan fingerprint density at radius 3 is 2.68 bits per heavy atom. The smallest absolute Gasteiger partial charge is 0.123 e. The van der Waals surface area contributed by atoms with Gasteiger partial charge in [-0.2, -0.15) is 10.2 Å². The van der Waals surface area contributed by atoms with Gasteiger partial charge in [0.15, 0.2) is 0 Å². The largest absolute Gasteiger partial charge is 0.354 e. The van der Waals surface area contributed by atoms with Crippen LogP contribution in [0.4, 0.5) is 10.1 Å². The summed E-state index contributed by atoms with van der Waals surface area (Å²) in [6.45, 7) is 6.34. The third-order valence-electron chi connectivity index (χ3n) is 5.99. The summed E-state index contributed by atoms with van der Waals surface area (Å²) in [5, 5.41) is 16.3. The number of rotatable bonds is 5. The zero-order chi connectivity index (χ0) is 21.4. The highest BCUT2D eigenvalue weighted by Crippen LogP contribution is 2.30. The zero-order valence-corrected chi connectivity index (χ0v) is 17.5. The minimum atomic E-state index is -0.271. The maximum atomic E-state index is 13.2. The third-order valence-corrected chi connectivity index (χ3v) is 5.99.